The molecule has 0 bridgehead atoms. The smallest absolute Gasteiger partial charge is 0.442 e. The van der Waals surface area contributed by atoms with Gasteiger partial charge in [0.05, 0.1) is 0 Å². The first-order valence-corrected chi connectivity index (χ1v) is 12.4. The first-order valence-electron chi connectivity index (χ1n) is 10.4. The number of hydrogen-bond acceptors (Lipinski definition) is 4. The number of benzene rings is 4. The van der Waals surface area contributed by atoms with E-state index in [1.54, 1.807) is 48.5 Å². The van der Waals surface area contributed by atoms with Crippen molar-refractivity contribution in [1.29, 1.82) is 0 Å². The van der Waals surface area contributed by atoms with Crippen LogP contribution in [0.15, 0.2) is 115 Å². The van der Waals surface area contributed by atoms with Gasteiger partial charge in [-0.05, 0) is 48.5 Å². The van der Waals surface area contributed by atoms with Gasteiger partial charge in [0.1, 0.15) is 28.7 Å². The molecule has 0 aromatic heterocycles. The third kappa shape index (κ3) is 4.68. The summed E-state index contributed by atoms with van der Waals surface area (Å²) in [5, 5.41) is 0.505. The quantitative estimate of drug-likeness (QED) is 0.264. The van der Waals surface area contributed by atoms with E-state index in [9.17, 15) is 4.57 Å². The molecule has 0 radical (unpaired) electrons. The zero-order chi connectivity index (χ0) is 22.7. The van der Waals surface area contributed by atoms with Crippen LogP contribution in [-0.2, 0) is 4.57 Å². The fourth-order valence-corrected chi connectivity index (χ4v) is 5.77. The Bertz CT molecular complexity index is 1280. The lowest BCUT2D eigenvalue weighted by atomic mass is 10.0. The molecule has 1 aliphatic rings. The van der Waals surface area contributed by atoms with Crippen LogP contribution in [0.2, 0.25) is 5.02 Å². The van der Waals surface area contributed by atoms with Gasteiger partial charge in [0.2, 0.25) is 0 Å². The number of ether oxygens (including phenoxy) is 1. The van der Waals surface area contributed by atoms with E-state index in [4.69, 9.17) is 25.4 Å². The molecule has 4 aromatic rings. The normalized spacial score (nSPS) is 15.1. The Balaban J connectivity index is 1.66. The van der Waals surface area contributed by atoms with Gasteiger partial charge in [0, 0.05) is 16.1 Å². The second-order valence-corrected chi connectivity index (χ2v) is 9.91. The largest absolute Gasteiger partial charge is 0.457 e. The molecule has 6 heteroatoms. The number of halogens is 1. The Morgan fingerprint density at radius 3 is 1.85 bits per heavy atom. The highest BCUT2D eigenvalue weighted by atomic mass is 35.5. The third-order valence-electron chi connectivity index (χ3n) is 5.17. The molecule has 1 unspecified atom stereocenters. The number of allylic oxidation sites excluding steroid dienone is 1. The predicted molar refractivity (Wildman–Crippen MR) is 131 cm³/mol. The van der Waals surface area contributed by atoms with Gasteiger partial charge < -0.3 is 13.8 Å². The van der Waals surface area contributed by atoms with Gasteiger partial charge in [-0.2, -0.15) is 0 Å². The Hall–Kier alpha value is -3.46. The Morgan fingerprint density at radius 2 is 1.27 bits per heavy atom. The van der Waals surface area contributed by atoms with Crippen molar-refractivity contribution >= 4 is 25.0 Å². The molecular weight excluding hydrogens is 455 g/mol. The molecule has 0 saturated carbocycles. The highest BCUT2D eigenvalue weighted by molar-refractivity contribution is 7.55. The van der Waals surface area contributed by atoms with Gasteiger partial charge in [-0.1, -0.05) is 78.3 Å². The topological polar surface area (TPSA) is 44.8 Å². The standard InChI is InChI=1S/C27H20ClO4P/c28-21-16-17-25-24(18-21)27(19-26(30-25)20-10-4-1-5-11-20)33(29,31-22-12-6-2-7-13-22)32-23-14-8-3-9-15-23/h1-19,27H. The maximum absolute atomic E-state index is 14.6. The van der Waals surface area contributed by atoms with E-state index in [2.05, 4.69) is 0 Å². The van der Waals surface area contributed by atoms with Crippen molar-refractivity contribution in [2.75, 3.05) is 0 Å². The third-order valence-corrected chi connectivity index (χ3v) is 7.44. The maximum Gasteiger partial charge on any atom is 0.442 e. The second kappa shape index (κ2) is 9.19. The molecule has 1 heterocycles. The molecule has 1 atom stereocenters. The second-order valence-electron chi connectivity index (χ2n) is 7.47. The van der Waals surface area contributed by atoms with Crippen LogP contribution in [0.4, 0.5) is 0 Å². The van der Waals surface area contributed by atoms with Gasteiger partial charge in [0.25, 0.3) is 0 Å². The van der Waals surface area contributed by atoms with Gasteiger partial charge in [0.15, 0.2) is 0 Å². The highest BCUT2D eigenvalue weighted by Crippen LogP contribution is 2.64. The van der Waals surface area contributed by atoms with Crippen molar-refractivity contribution in [2.45, 2.75) is 5.66 Å². The number of hydrogen-bond donors (Lipinski definition) is 0. The predicted octanol–water partition coefficient (Wildman–Crippen LogP) is 8.17. The summed E-state index contributed by atoms with van der Waals surface area (Å²) in [4.78, 5) is 0. The van der Waals surface area contributed by atoms with Crippen molar-refractivity contribution in [3.05, 3.63) is 131 Å². The molecule has 4 aromatic carbocycles. The molecule has 4 nitrogen and oxygen atoms in total. The minimum Gasteiger partial charge on any atom is -0.457 e. The lowest BCUT2D eigenvalue weighted by Crippen LogP contribution is -2.15. The molecule has 33 heavy (non-hydrogen) atoms. The molecular formula is C27H20ClO4P. The average Bonchev–Trinajstić information content (AvgIpc) is 2.85. The van der Waals surface area contributed by atoms with Gasteiger partial charge in [-0.3, -0.25) is 0 Å². The van der Waals surface area contributed by atoms with Crippen molar-refractivity contribution in [3.63, 3.8) is 0 Å². The summed E-state index contributed by atoms with van der Waals surface area (Å²) in [6, 6.07) is 32.9. The van der Waals surface area contributed by atoms with E-state index in [0.717, 1.165) is 5.56 Å². The number of para-hydroxylation sites is 2. The fraction of sp³-hybridized carbons (Fsp3) is 0.0370. The van der Waals surface area contributed by atoms with Crippen molar-refractivity contribution in [2.24, 2.45) is 0 Å². The molecule has 0 aliphatic carbocycles. The van der Waals surface area contributed by atoms with Crippen LogP contribution in [0, 0.1) is 0 Å². The van der Waals surface area contributed by atoms with Gasteiger partial charge >= 0.3 is 7.60 Å². The van der Waals surface area contributed by atoms with Crippen LogP contribution in [0.3, 0.4) is 0 Å². The maximum atomic E-state index is 14.6. The molecule has 0 spiro atoms. The molecule has 0 amide bonds. The molecule has 1 aliphatic heterocycles. The molecule has 5 rings (SSSR count). The SMILES string of the molecule is O=P(Oc1ccccc1)(Oc1ccccc1)C1C=C(c2ccccc2)Oc2ccc(Cl)cc21. The van der Waals surface area contributed by atoms with E-state index >= 15 is 0 Å². The van der Waals surface area contributed by atoms with Gasteiger partial charge in [-0.25, -0.2) is 4.57 Å². The minimum absolute atomic E-state index is 0.446. The van der Waals surface area contributed by atoms with Crippen molar-refractivity contribution in [1.82, 2.24) is 0 Å². The lowest BCUT2D eigenvalue weighted by molar-refractivity contribution is 0.375. The highest BCUT2D eigenvalue weighted by Gasteiger charge is 2.43. The number of fused-ring (bicyclic) bond motifs is 1. The fourth-order valence-electron chi connectivity index (χ4n) is 3.64. The summed E-state index contributed by atoms with van der Waals surface area (Å²) in [6.07, 6.45) is 1.79. The monoisotopic (exact) mass is 474 g/mol. The summed E-state index contributed by atoms with van der Waals surface area (Å²) < 4.78 is 33.0. The zero-order valence-corrected chi connectivity index (χ0v) is 19.2. The Labute approximate surface area is 197 Å². The summed E-state index contributed by atoms with van der Waals surface area (Å²) in [5.74, 6) is 2.02. The Kier molecular flexibility index (Phi) is 5.95. The van der Waals surface area contributed by atoms with E-state index in [1.165, 1.54) is 0 Å². The lowest BCUT2D eigenvalue weighted by Gasteiger charge is -2.30. The van der Waals surface area contributed by atoms with Gasteiger partial charge in [-0.15, -0.1) is 0 Å². The first-order chi connectivity index (χ1) is 16.1. The first kappa shape index (κ1) is 21.4. The number of rotatable bonds is 6. The average molecular weight is 475 g/mol. The van der Waals surface area contributed by atoms with E-state index < -0.39 is 13.3 Å². The summed E-state index contributed by atoms with van der Waals surface area (Å²) >= 11 is 6.32. The molecule has 164 valence electrons. The minimum atomic E-state index is -3.86. The van der Waals surface area contributed by atoms with Crippen LogP contribution in [0.25, 0.3) is 5.76 Å². The summed E-state index contributed by atoms with van der Waals surface area (Å²) in [5.41, 5.74) is 0.738. The summed E-state index contributed by atoms with van der Waals surface area (Å²) in [6.45, 7) is 0. The summed E-state index contributed by atoms with van der Waals surface area (Å²) in [7, 11) is -3.86. The zero-order valence-electron chi connectivity index (χ0n) is 17.5. The van der Waals surface area contributed by atoms with E-state index in [1.807, 2.05) is 66.7 Å². The van der Waals surface area contributed by atoms with E-state index in [-0.39, 0.29) is 0 Å². The Morgan fingerprint density at radius 1 is 0.727 bits per heavy atom. The molecule has 0 fully saturated rings. The van der Waals surface area contributed by atoms with E-state index in [0.29, 0.717) is 33.6 Å². The van der Waals surface area contributed by atoms with Crippen LogP contribution < -0.4 is 13.8 Å². The van der Waals surface area contributed by atoms with Crippen molar-refractivity contribution < 1.29 is 18.3 Å². The van der Waals surface area contributed by atoms with Crippen LogP contribution in [-0.4, -0.2) is 0 Å². The molecule has 0 N–H and O–H groups in total. The molecule has 0 saturated heterocycles. The van der Waals surface area contributed by atoms with Crippen LogP contribution in [0.5, 0.6) is 17.2 Å². The van der Waals surface area contributed by atoms with Crippen LogP contribution in [0.1, 0.15) is 16.8 Å². The van der Waals surface area contributed by atoms with Crippen molar-refractivity contribution in [3.8, 4) is 17.2 Å². The van der Waals surface area contributed by atoms with Crippen LogP contribution >= 0.6 is 19.2 Å².